The topological polar surface area (TPSA) is 73.9 Å². The number of likely N-dealkylation sites (tertiary alicyclic amines) is 1. The van der Waals surface area contributed by atoms with Gasteiger partial charge in [0.2, 0.25) is 5.91 Å². The summed E-state index contributed by atoms with van der Waals surface area (Å²) >= 11 is 0. The Hall–Kier alpha value is -2.90. The SMILES string of the molecule is O=C(Cn1c(=O)oc2ccccc21)N1CCC2(CC1)CC(CCOCc1ccccc1)CCO2. The van der Waals surface area contributed by atoms with E-state index in [-0.39, 0.29) is 18.1 Å². The molecule has 1 aromatic heterocycles. The van der Waals surface area contributed by atoms with Crippen molar-refractivity contribution in [2.45, 2.75) is 50.9 Å². The van der Waals surface area contributed by atoms with Gasteiger partial charge in [0, 0.05) is 26.3 Å². The molecule has 0 radical (unpaired) electrons. The quantitative estimate of drug-likeness (QED) is 0.495. The van der Waals surface area contributed by atoms with Crippen LogP contribution in [0.15, 0.2) is 63.8 Å². The minimum atomic E-state index is -0.490. The third-order valence-corrected chi connectivity index (χ3v) is 7.27. The zero-order valence-electron chi connectivity index (χ0n) is 19.5. The monoisotopic (exact) mass is 464 g/mol. The van der Waals surface area contributed by atoms with Crippen molar-refractivity contribution in [3.63, 3.8) is 0 Å². The highest BCUT2D eigenvalue weighted by Gasteiger charge is 2.41. The molecule has 5 rings (SSSR count). The van der Waals surface area contributed by atoms with Crippen LogP contribution < -0.4 is 5.76 Å². The van der Waals surface area contributed by atoms with Crippen molar-refractivity contribution in [3.05, 3.63) is 70.7 Å². The predicted molar refractivity (Wildman–Crippen MR) is 128 cm³/mol. The first-order valence-corrected chi connectivity index (χ1v) is 12.2. The Morgan fingerprint density at radius 3 is 2.65 bits per heavy atom. The minimum absolute atomic E-state index is 0.00504. The summed E-state index contributed by atoms with van der Waals surface area (Å²) in [5.74, 6) is 0.0452. The summed E-state index contributed by atoms with van der Waals surface area (Å²) in [4.78, 5) is 27.0. The molecule has 2 aliphatic heterocycles. The van der Waals surface area contributed by atoms with Crippen LogP contribution in [0.3, 0.4) is 0 Å². The fourth-order valence-corrected chi connectivity index (χ4v) is 5.30. The van der Waals surface area contributed by atoms with Crippen LogP contribution in [0.1, 0.15) is 37.7 Å². The Balaban J connectivity index is 1.11. The Morgan fingerprint density at radius 1 is 1.06 bits per heavy atom. The van der Waals surface area contributed by atoms with E-state index in [1.165, 1.54) is 10.1 Å². The molecule has 2 aromatic carbocycles. The molecule has 1 amide bonds. The number of benzene rings is 2. The van der Waals surface area contributed by atoms with E-state index in [4.69, 9.17) is 13.9 Å². The van der Waals surface area contributed by atoms with Crippen molar-refractivity contribution in [1.29, 1.82) is 0 Å². The number of para-hydroxylation sites is 2. The first-order chi connectivity index (χ1) is 16.6. The van der Waals surface area contributed by atoms with E-state index in [9.17, 15) is 9.59 Å². The van der Waals surface area contributed by atoms with Gasteiger partial charge in [-0.1, -0.05) is 42.5 Å². The Bertz CT molecular complexity index is 1160. The van der Waals surface area contributed by atoms with Gasteiger partial charge in [-0.2, -0.15) is 0 Å². The summed E-state index contributed by atoms with van der Waals surface area (Å²) in [5.41, 5.74) is 2.22. The van der Waals surface area contributed by atoms with Gasteiger partial charge in [0.25, 0.3) is 0 Å². The lowest BCUT2D eigenvalue weighted by molar-refractivity contribution is -0.148. The van der Waals surface area contributed by atoms with Crippen LogP contribution in [0.5, 0.6) is 0 Å². The van der Waals surface area contributed by atoms with Gasteiger partial charge in [-0.3, -0.25) is 9.36 Å². The summed E-state index contributed by atoms with van der Waals surface area (Å²) in [7, 11) is 0. The summed E-state index contributed by atoms with van der Waals surface area (Å²) in [6.45, 7) is 3.49. The van der Waals surface area contributed by atoms with E-state index in [0.717, 1.165) is 45.3 Å². The van der Waals surface area contributed by atoms with Crippen LogP contribution in [0, 0.1) is 5.92 Å². The van der Waals surface area contributed by atoms with Crippen LogP contribution in [-0.2, 0) is 27.4 Å². The molecule has 0 aliphatic carbocycles. The van der Waals surface area contributed by atoms with Gasteiger partial charge < -0.3 is 18.8 Å². The first kappa shape index (κ1) is 22.9. The third kappa shape index (κ3) is 5.10. The number of ether oxygens (including phenoxy) is 2. The van der Waals surface area contributed by atoms with Crippen molar-refractivity contribution in [2.24, 2.45) is 5.92 Å². The molecule has 1 unspecified atom stereocenters. The standard InChI is InChI=1S/C27H32N2O5/c30-25(19-29-23-8-4-5-9-24(23)34-26(29)31)28-14-12-27(13-15-28)18-21(11-17-33-27)10-16-32-20-22-6-2-1-3-7-22/h1-9,21H,10-20H2. The van der Waals surface area contributed by atoms with Gasteiger partial charge in [0.15, 0.2) is 5.58 Å². The van der Waals surface area contributed by atoms with Gasteiger partial charge in [-0.25, -0.2) is 4.79 Å². The first-order valence-electron chi connectivity index (χ1n) is 12.2. The number of nitrogens with zero attached hydrogens (tertiary/aromatic N) is 2. The van der Waals surface area contributed by atoms with Crippen molar-refractivity contribution >= 4 is 17.0 Å². The lowest BCUT2D eigenvalue weighted by atomic mass is 9.78. The lowest BCUT2D eigenvalue weighted by Crippen LogP contribution is -2.51. The second-order valence-corrected chi connectivity index (χ2v) is 9.52. The van der Waals surface area contributed by atoms with E-state index < -0.39 is 5.76 Å². The highest BCUT2D eigenvalue weighted by atomic mass is 16.5. The molecule has 3 heterocycles. The molecule has 34 heavy (non-hydrogen) atoms. The molecular weight excluding hydrogens is 432 g/mol. The zero-order chi connectivity index (χ0) is 23.4. The fraction of sp³-hybridized carbons (Fsp3) is 0.481. The normalized spacial score (nSPS) is 20.1. The highest BCUT2D eigenvalue weighted by Crippen LogP contribution is 2.38. The van der Waals surface area contributed by atoms with Crippen molar-refractivity contribution in [3.8, 4) is 0 Å². The maximum Gasteiger partial charge on any atom is 0.420 e. The largest absolute Gasteiger partial charge is 0.420 e. The molecule has 7 heteroatoms. The minimum Gasteiger partial charge on any atom is -0.408 e. The number of fused-ring (bicyclic) bond motifs is 1. The molecule has 1 atom stereocenters. The van der Waals surface area contributed by atoms with E-state index in [1.54, 1.807) is 12.1 Å². The third-order valence-electron chi connectivity index (χ3n) is 7.27. The van der Waals surface area contributed by atoms with E-state index in [2.05, 4.69) is 12.1 Å². The molecule has 2 aliphatic rings. The molecular formula is C27H32N2O5. The van der Waals surface area contributed by atoms with Gasteiger partial charge in [0.05, 0.1) is 17.7 Å². The number of aromatic nitrogens is 1. The number of carbonyl (C=O) groups is 1. The van der Waals surface area contributed by atoms with Crippen LogP contribution in [0.2, 0.25) is 0 Å². The number of carbonyl (C=O) groups excluding carboxylic acids is 1. The predicted octanol–water partition coefficient (Wildman–Crippen LogP) is 3.99. The summed E-state index contributed by atoms with van der Waals surface area (Å²) in [6, 6.07) is 17.5. The van der Waals surface area contributed by atoms with Gasteiger partial charge in [-0.15, -0.1) is 0 Å². The van der Waals surface area contributed by atoms with Crippen LogP contribution >= 0.6 is 0 Å². The maximum absolute atomic E-state index is 13.0. The summed E-state index contributed by atoms with van der Waals surface area (Å²) in [5, 5.41) is 0. The van der Waals surface area contributed by atoms with Gasteiger partial charge in [0.1, 0.15) is 6.54 Å². The van der Waals surface area contributed by atoms with Crippen LogP contribution in [0.25, 0.3) is 11.1 Å². The Morgan fingerprint density at radius 2 is 1.82 bits per heavy atom. The van der Waals surface area contributed by atoms with Crippen molar-refractivity contribution in [1.82, 2.24) is 9.47 Å². The van der Waals surface area contributed by atoms with Gasteiger partial charge >= 0.3 is 5.76 Å². The zero-order valence-corrected chi connectivity index (χ0v) is 19.5. The average molecular weight is 465 g/mol. The van der Waals surface area contributed by atoms with Crippen LogP contribution in [-0.4, -0.2) is 47.3 Å². The molecule has 3 aromatic rings. The molecule has 0 saturated carbocycles. The molecule has 1 spiro atoms. The lowest BCUT2D eigenvalue weighted by Gasteiger charge is -2.46. The molecule has 2 saturated heterocycles. The van der Waals surface area contributed by atoms with Gasteiger partial charge in [-0.05, 0) is 55.7 Å². The molecule has 7 nitrogen and oxygen atoms in total. The number of hydrogen-bond acceptors (Lipinski definition) is 5. The second-order valence-electron chi connectivity index (χ2n) is 9.52. The molecule has 0 N–H and O–H groups in total. The number of amides is 1. The summed E-state index contributed by atoms with van der Waals surface area (Å²) in [6.07, 6.45) is 4.80. The van der Waals surface area contributed by atoms with E-state index in [0.29, 0.717) is 36.7 Å². The Kier molecular flexibility index (Phi) is 6.83. The average Bonchev–Trinajstić information content (AvgIpc) is 3.18. The van der Waals surface area contributed by atoms with Crippen LogP contribution in [0.4, 0.5) is 0 Å². The summed E-state index contributed by atoms with van der Waals surface area (Å²) < 4.78 is 18.9. The molecule has 180 valence electrons. The highest BCUT2D eigenvalue weighted by molar-refractivity contribution is 5.79. The number of piperidine rings is 1. The van der Waals surface area contributed by atoms with Crippen molar-refractivity contribution in [2.75, 3.05) is 26.3 Å². The number of hydrogen-bond donors (Lipinski definition) is 0. The fourth-order valence-electron chi connectivity index (χ4n) is 5.30. The van der Waals surface area contributed by atoms with Crippen molar-refractivity contribution < 1.29 is 18.7 Å². The molecule has 0 bridgehead atoms. The van der Waals surface area contributed by atoms with E-state index in [1.807, 2.05) is 35.2 Å². The number of rotatable bonds is 7. The number of oxazole rings is 1. The van der Waals surface area contributed by atoms with E-state index >= 15 is 0 Å². The Labute approximate surface area is 199 Å². The second kappa shape index (κ2) is 10.2. The molecule has 2 fully saturated rings. The maximum atomic E-state index is 13.0. The smallest absolute Gasteiger partial charge is 0.408 e.